The molecule has 2 saturated heterocycles. The Morgan fingerprint density at radius 3 is 2.42 bits per heavy atom. The van der Waals surface area contributed by atoms with Crippen molar-refractivity contribution in [3.05, 3.63) is 58.3 Å². The highest BCUT2D eigenvalue weighted by Gasteiger charge is 2.64. The molecule has 0 aliphatic carbocycles. The van der Waals surface area contributed by atoms with E-state index in [-0.39, 0.29) is 12.1 Å². The number of carbonyl (C=O) groups is 3. The molecule has 0 bridgehead atoms. The molecule has 0 unspecified atom stereocenters. The number of piperazine rings is 1. The van der Waals surface area contributed by atoms with Crippen LogP contribution < -0.4 is 9.80 Å². The lowest BCUT2D eigenvalue weighted by Gasteiger charge is -2.56. The number of carbonyl (C=O) groups excluding carboxylic acids is 3. The number of hydrogen-bond donors (Lipinski definition) is 0. The molecular weight excluding hydrogens is 428 g/mol. The number of pyridine rings is 1. The third-order valence-electron chi connectivity index (χ3n) is 6.92. The molecule has 1 spiro atoms. The summed E-state index contributed by atoms with van der Waals surface area (Å²) in [6, 6.07) is 8.82. The molecule has 33 heavy (non-hydrogen) atoms. The number of nitro benzene ring substituents is 1. The summed E-state index contributed by atoms with van der Waals surface area (Å²) in [5.41, 5.74) is -0.389. The SMILES string of the molecule is CN1C(=O)N(C)C(=O)C2(Cc3cc([N+](=O)[O-])ccc3N3CCN(c4ccccn4)C[C@@H]32)C1=O. The maximum absolute atomic E-state index is 13.7. The molecule has 1 aromatic heterocycles. The highest BCUT2D eigenvalue weighted by molar-refractivity contribution is 6.20. The fourth-order valence-corrected chi connectivity index (χ4v) is 5.29. The van der Waals surface area contributed by atoms with Crippen LogP contribution >= 0.6 is 0 Å². The third-order valence-corrected chi connectivity index (χ3v) is 6.92. The Morgan fingerprint density at radius 2 is 1.79 bits per heavy atom. The molecule has 11 heteroatoms. The van der Waals surface area contributed by atoms with Crippen LogP contribution in [0.4, 0.5) is 22.0 Å². The van der Waals surface area contributed by atoms with Crippen LogP contribution in [0.25, 0.3) is 0 Å². The van der Waals surface area contributed by atoms with E-state index in [1.165, 1.54) is 26.2 Å². The number of nitrogens with zero attached hydrogens (tertiary/aromatic N) is 6. The standard InChI is InChI=1S/C22H22N6O5/c1-24-19(29)22(20(30)25(2)21(24)31)12-14-11-15(28(32)33)6-7-16(14)27-10-9-26(13-17(22)27)18-5-3-4-8-23-18/h3-8,11,17H,9-10,12-13H2,1-2H3/t17-/m1/s1. The molecule has 0 N–H and O–H groups in total. The van der Waals surface area contributed by atoms with Gasteiger partial charge in [-0.15, -0.1) is 0 Å². The zero-order chi connectivity index (χ0) is 23.5. The highest BCUT2D eigenvalue weighted by atomic mass is 16.6. The smallest absolute Gasteiger partial charge is 0.332 e. The van der Waals surface area contributed by atoms with Crippen LogP contribution in [0, 0.1) is 15.5 Å². The molecular formula is C22H22N6O5. The molecule has 5 rings (SSSR count). The van der Waals surface area contributed by atoms with Crippen LogP contribution in [0.3, 0.4) is 0 Å². The van der Waals surface area contributed by atoms with Crippen molar-refractivity contribution in [1.82, 2.24) is 14.8 Å². The third kappa shape index (κ3) is 2.88. The quantitative estimate of drug-likeness (QED) is 0.381. The van der Waals surface area contributed by atoms with Gasteiger partial charge in [0.2, 0.25) is 11.8 Å². The molecule has 4 amide bonds. The molecule has 0 radical (unpaired) electrons. The van der Waals surface area contributed by atoms with Gasteiger partial charge >= 0.3 is 6.03 Å². The van der Waals surface area contributed by atoms with Crippen molar-refractivity contribution in [3.8, 4) is 0 Å². The van der Waals surface area contributed by atoms with Gasteiger partial charge in [0, 0.05) is 64.2 Å². The van der Waals surface area contributed by atoms with Crippen LogP contribution in [0.15, 0.2) is 42.6 Å². The largest absolute Gasteiger partial charge is 0.363 e. The summed E-state index contributed by atoms with van der Waals surface area (Å²) in [6.07, 6.45) is 1.66. The Hall–Kier alpha value is -4.02. The summed E-state index contributed by atoms with van der Waals surface area (Å²) in [5, 5.41) is 11.4. The number of imide groups is 2. The highest BCUT2D eigenvalue weighted by Crippen LogP contribution is 2.47. The van der Waals surface area contributed by atoms with Crippen molar-refractivity contribution in [2.24, 2.45) is 5.41 Å². The number of aromatic nitrogens is 1. The Labute approximate surface area is 189 Å². The first-order valence-electron chi connectivity index (χ1n) is 10.6. The summed E-state index contributed by atoms with van der Waals surface area (Å²) >= 11 is 0. The van der Waals surface area contributed by atoms with Crippen LogP contribution in [0.2, 0.25) is 0 Å². The van der Waals surface area contributed by atoms with Gasteiger partial charge < -0.3 is 9.80 Å². The lowest BCUT2D eigenvalue weighted by atomic mass is 9.67. The van der Waals surface area contributed by atoms with Gasteiger partial charge in [0.1, 0.15) is 5.82 Å². The first-order valence-corrected chi connectivity index (χ1v) is 10.6. The molecule has 0 saturated carbocycles. The molecule has 2 aromatic rings. The minimum Gasteiger partial charge on any atom is -0.363 e. The zero-order valence-corrected chi connectivity index (χ0v) is 18.2. The molecule has 1 atom stereocenters. The Morgan fingerprint density at radius 1 is 1.06 bits per heavy atom. The van der Waals surface area contributed by atoms with Crippen molar-refractivity contribution < 1.29 is 19.3 Å². The fourth-order valence-electron chi connectivity index (χ4n) is 5.29. The van der Waals surface area contributed by atoms with E-state index in [1.807, 2.05) is 28.0 Å². The first kappa shape index (κ1) is 20.9. The van der Waals surface area contributed by atoms with Gasteiger partial charge in [-0.3, -0.25) is 29.5 Å². The predicted octanol–water partition coefficient (Wildman–Crippen LogP) is 1.28. The first-order chi connectivity index (χ1) is 15.8. The summed E-state index contributed by atoms with van der Waals surface area (Å²) in [6.45, 7) is 1.41. The Kier molecular flexibility index (Phi) is 4.59. The number of anilines is 2. The molecule has 3 aliphatic heterocycles. The molecule has 11 nitrogen and oxygen atoms in total. The van der Waals surface area contributed by atoms with Gasteiger partial charge in [-0.2, -0.15) is 0 Å². The second kappa shape index (κ2) is 7.26. The maximum atomic E-state index is 13.7. The van der Waals surface area contributed by atoms with Crippen molar-refractivity contribution >= 4 is 35.0 Å². The van der Waals surface area contributed by atoms with Crippen molar-refractivity contribution in [2.45, 2.75) is 12.5 Å². The molecule has 3 aliphatic rings. The van der Waals surface area contributed by atoms with Gasteiger partial charge in [0.15, 0.2) is 5.41 Å². The lowest BCUT2D eigenvalue weighted by molar-refractivity contribution is -0.384. The number of barbiturate groups is 1. The minimum atomic E-state index is -1.59. The summed E-state index contributed by atoms with van der Waals surface area (Å²) in [5.74, 6) is -0.452. The van der Waals surface area contributed by atoms with Crippen LogP contribution in [-0.2, 0) is 16.0 Å². The van der Waals surface area contributed by atoms with Gasteiger partial charge in [-0.25, -0.2) is 9.78 Å². The van der Waals surface area contributed by atoms with E-state index in [0.29, 0.717) is 25.2 Å². The van der Waals surface area contributed by atoms with E-state index in [2.05, 4.69) is 4.98 Å². The van der Waals surface area contributed by atoms with E-state index >= 15 is 0 Å². The second-order valence-corrected chi connectivity index (χ2v) is 8.57. The van der Waals surface area contributed by atoms with Crippen molar-refractivity contribution in [1.29, 1.82) is 0 Å². The number of amides is 4. The minimum absolute atomic E-state index is 0.0269. The number of hydrogen-bond acceptors (Lipinski definition) is 8. The van der Waals surface area contributed by atoms with E-state index in [1.54, 1.807) is 12.3 Å². The number of nitro groups is 1. The topological polar surface area (TPSA) is 120 Å². The number of fused-ring (bicyclic) bond motifs is 4. The summed E-state index contributed by atoms with van der Waals surface area (Å²) < 4.78 is 0. The van der Waals surface area contributed by atoms with E-state index in [0.717, 1.165) is 21.3 Å². The second-order valence-electron chi connectivity index (χ2n) is 8.57. The van der Waals surface area contributed by atoms with Crippen LogP contribution in [0.5, 0.6) is 0 Å². The Bertz CT molecular complexity index is 1160. The molecule has 4 heterocycles. The predicted molar refractivity (Wildman–Crippen MR) is 118 cm³/mol. The number of rotatable bonds is 2. The zero-order valence-electron chi connectivity index (χ0n) is 18.2. The number of non-ortho nitro benzene ring substituents is 1. The van der Waals surface area contributed by atoms with E-state index in [4.69, 9.17) is 0 Å². The van der Waals surface area contributed by atoms with Crippen molar-refractivity contribution in [2.75, 3.05) is 43.5 Å². The molecule has 1 aromatic carbocycles. The summed E-state index contributed by atoms with van der Waals surface area (Å²) in [4.78, 5) is 61.1. The van der Waals surface area contributed by atoms with Gasteiger partial charge in [0.25, 0.3) is 5.69 Å². The maximum Gasteiger partial charge on any atom is 0.332 e. The summed E-state index contributed by atoms with van der Waals surface area (Å²) in [7, 11) is 2.73. The van der Waals surface area contributed by atoms with Crippen LogP contribution in [-0.4, -0.2) is 77.3 Å². The van der Waals surface area contributed by atoms with Gasteiger partial charge in [-0.05, 0) is 23.8 Å². The fraction of sp³-hybridized carbons (Fsp3) is 0.364. The Balaban J connectivity index is 1.67. The molecule has 170 valence electrons. The number of benzene rings is 1. The van der Waals surface area contributed by atoms with Gasteiger partial charge in [-0.1, -0.05) is 6.07 Å². The normalized spacial score (nSPS) is 21.9. The van der Waals surface area contributed by atoms with E-state index in [9.17, 15) is 24.5 Å². The molecule has 2 fully saturated rings. The lowest BCUT2D eigenvalue weighted by Crippen LogP contribution is -2.74. The van der Waals surface area contributed by atoms with Crippen LogP contribution in [0.1, 0.15) is 5.56 Å². The average Bonchev–Trinajstić information content (AvgIpc) is 2.84. The average molecular weight is 450 g/mol. The van der Waals surface area contributed by atoms with Crippen molar-refractivity contribution in [3.63, 3.8) is 0 Å². The van der Waals surface area contributed by atoms with Gasteiger partial charge in [0.05, 0.1) is 11.0 Å². The monoisotopic (exact) mass is 450 g/mol. The van der Waals surface area contributed by atoms with E-state index < -0.39 is 34.2 Å². The number of urea groups is 1.